The van der Waals surface area contributed by atoms with E-state index in [2.05, 4.69) is 5.32 Å². The summed E-state index contributed by atoms with van der Waals surface area (Å²) in [4.78, 5) is 10.3. The first kappa shape index (κ1) is 16.4. The molecule has 6 nitrogen and oxygen atoms in total. The van der Waals surface area contributed by atoms with Gasteiger partial charge in [0.05, 0.1) is 11.7 Å². The van der Waals surface area contributed by atoms with Crippen molar-refractivity contribution in [2.45, 2.75) is 6.92 Å². The van der Waals surface area contributed by atoms with Crippen LogP contribution in [0.2, 0.25) is 0 Å². The Morgan fingerprint density at radius 2 is 2.07 bits per heavy atom. The van der Waals surface area contributed by atoms with Gasteiger partial charge in [0.25, 0.3) is 10.1 Å². The minimum Gasteiger partial charge on any atom is -0.664 e. The number of nitrogens with one attached hydrogen (secondary N) is 2. The fraction of sp³-hybridized carbons (Fsp3) is 0.500. The molecule has 0 unspecified atom stereocenters. The van der Waals surface area contributed by atoms with E-state index in [0.29, 0.717) is 0 Å². The first-order valence-electron chi connectivity index (χ1n) is 3.44. The Labute approximate surface area is 105 Å². The van der Waals surface area contributed by atoms with E-state index < -0.39 is 21.8 Å². The first-order chi connectivity index (χ1) is 5.83. The number of hydrogen-bond donors (Lipinski definition) is 2. The molecular formula is C6H11N2NaO4S. The minimum atomic E-state index is -3.97. The normalized spacial score (nSPS) is 11.7. The second-order valence-corrected chi connectivity index (χ2v) is 3.97. The third kappa shape index (κ3) is 10.0. The molecule has 0 rings (SSSR count). The Morgan fingerprint density at radius 1 is 1.57 bits per heavy atom. The van der Waals surface area contributed by atoms with Crippen LogP contribution in [0.1, 0.15) is 6.92 Å². The van der Waals surface area contributed by atoms with Crippen LogP contribution >= 0.6 is 0 Å². The van der Waals surface area contributed by atoms with Gasteiger partial charge < -0.3 is 15.8 Å². The number of carbonyl (C=O) groups excluding carboxylic acids is 1. The Bertz CT molecular complexity index is 312. The van der Waals surface area contributed by atoms with Crippen LogP contribution in [0.3, 0.4) is 0 Å². The van der Waals surface area contributed by atoms with Gasteiger partial charge in [-0.25, -0.2) is 0 Å². The molecule has 0 atom stereocenters. The summed E-state index contributed by atoms with van der Waals surface area (Å²) in [5.74, 6) is -1.26. The van der Waals surface area contributed by atoms with E-state index in [-0.39, 0.29) is 41.7 Å². The van der Waals surface area contributed by atoms with Crippen LogP contribution in [0.5, 0.6) is 0 Å². The zero-order chi connectivity index (χ0) is 10.5. The standard InChI is InChI=1S/C6H12N2O4S.Na/c1-5(6(7)9)4-8-2-3-13(10,11)12;/h4H,2-3H2,1H3,(H4,7,8,9,10,11,12);/q;+1/p-1. The average molecular weight is 230 g/mol. The molecule has 0 aliphatic carbocycles. The van der Waals surface area contributed by atoms with Crippen LogP contribution in [0.25, 0.3) is 5.73 Å². The summed E-state index contributed by atoms with van der Waals surface area (Å²) in [6, 6.07) is 0. The van der Waals surface area contributed by atoms with E-state index in [0.717, 1.165) is 0 Å². The molecule has 8 heteroatoms. The number of rotatable bonds is 5. The van der Waals surface area contributed by atoms with E-state index in [1.165, 1.54) is 13.1 Å². The summed E-state index contributed by atoms with van der Waals surface area (Å²) >= 11 is 0. The first-order valence-corrected chi connectivity index (χ1v) is 5.05. The maximum Gasteiger partial charge on any atom is 1.00 e. The van der Waals surface area contributed by atoms with Crippen LogP contribution in [-0.2, 0) is 14.9 Å². The summed E-state index contributed by atoms with van der Waals surface area (Å²) in [5.41, 5.74) is 6.80. The summed E-state index contributed by atoms with van der Waals surface area (Å²) < 4.78 is 28.7. The van der Waals surface area contributed by atoms with Crippen molar-refractivity contribution in [3.8, 4) is 0 Å². The van der Waals surface area contributed by atoms with Gasteiger partial charge in [0.15, 0.2) is 0 Å². The Morgan fingerprint density at radius 3 is 2.43 bits per heavy atom. The van der Waals surface area contributed by atoms with Crippen LogP contribution in [0.15, 0.2) is 11.8 Å². The van der Waals surface area contributed by atoms with Crippen molar-refractivity contribution in [1.29, 1.82) is 0 Å². The molecule has 76 valence electrons. The number of amides is 1. The molecule has 3 N–H and O–H groups in total. The smallest absolute Gasteiger partial charge is 0.664 e. The minimum absolute atomic E-state index is 0. The average Bonchev–Trinajstić information content (AvgIpc) is 1.95. The molecular weight excluding hydrogens is 219 g/mol. The van der Waals surface area contributed by atoms with Crippen LogP contribution in [0.4, 0.5) is 0 Å². The van der Waals surface area contributed by atoms with Crippen molar-refractivity contribution < 1.29 is 47.3 Å². The van der Waals surface area contributed by atoms with Crippen molar-refractivity contribution in [3.05, 3.63) is 17.5 Å². The second-order valence-electron chi connectivity index (χ2n) is 2.40. The van der Waals surface area contributed by atoms with E-state index in [9.17, 15) is 13.2 Å². The zero-order valence-corrected chi connectivity index (χ0v) is 10.9. The molecule has 0 saturated heterocycles. The summed E-state index contributed by atoms with van der Waals surface area (Å²) in [6.07, 6.45) is 1.24. The molecule has 0 aliphatic rings. The van der Waals surface area contributed by atoms with E-state index >= 15 is 0 Å². The molecule has 0 aliphatic heterocycles. The Kier molecular flexibility index (Phi) is 8.46. The molecule has 0 bridgehead atoms. The predicted molar refractivity (Wildman–Crippen MR) is 47.5 cm³/mol. The van der Waals surface area contributed by atoms with Crippen molar-refractivity contribution in [2.75, 3.05) is 12.3 Å². The molecule has 0 saturated carbocycles. The van der Waals surface area contributed by atoms with Crippen LogP contribution in [-0.4, -0.2) is 31.2 Å². The maximum atomic E-state index is 10.3. The second kappa shape index (κ2) is 7.24. The summed E-state index contributed by atoms with van der Waals surface area (Å²) in [5, 5.41) is 2.48. The van der Waals surface area contributed by atoms with Crippen LogP contribution < -0.4 is 34.9 Å². The maximum absolute atomic E-state index is 10.3. The molecule has 14 heavy (non-hydrogen) atoms. The fourth-order valence-corrected chi connectivity index (χ4v) is 0.855. The topological polar surface area (TPSA) is 107 Å². The predicted octanol–water partition coefficient (Wildman–Crippen LogP) is -3.05. The van der Waals surface area contributed by atoms with Crippen molar-refractivity contribution in [1.82, 2.24) is 5.32 Å². The summed E-state index contributed by atoms with van der Waals surface area (Å²) in [6.45, 7) is 1.43. The van der Waals surface area contributed by atoms with Crippen molar-refractivity contribution >= 4 is 16.0 Å². The Hall–Kier alpha value is -0.0800. The Balaban J connectivity index is 0. The third-order valence-electron chi connectivity index (χ3n) is 1.18. The number of hydrogen-bond acceptors (Lipinski definition) is 4. The molecule has 0 aromatic carbocycles. The summed E-state index contributed by atoms with van der Waals surface area (Å²) in [7, 11) is -3.97. The molecule has 0 aromatic heterocycles. The van der Waals surface area contributed by atoms with Crippen molar-refractivity contribution in [2.24, 2.45) is 0 Å². The van der Waals surface area contributed by atoms with Gasteiger partial charge >= 0.3 is 29.6 Å². The third-order valence-corrected chi connectivity index (χ3v) is 1.90. The monoisotopic (exact) mass is 230 g/mol. The van der Waals surface area contributed by atoms with Gasteiger partial charge in [0.1, 0.15) is 0 Å². The number of carbonyl (C=O) groups is 1. The molecule has 0 aromatic rings. The zero-order valence-electron chi connectivity index (χ0n) is 8.07. The van der Waals surface area contributed by atoms with E-state index in [4.69, 9.17) is 10.3 Å². The van der Waals surface area contributed by atoms with Gasteiger partial charge in [0, 0.05) is 12.7 Å². The largest absolute Gasteiger partial charge is 1.00 e. The molecule has 0 heterocycles. The van der Waals surface area contributed by atoms with E-state index in [1.54, 1.807) is 0 Å². The van der Waals surface area contributed by atoms with E-state index in [1.807, 2.05) is 0 Å². The van der Waals surface area contributed by atoms with Gasteiger partial charge in [-0.2, -0.15) is 8.42 Å². The van der Waals surface area contributed by atoms with Gasteiger partial charge in [-0.3, -0.25) is 4.55 Å². The van der Waals surface area contributed by atoms with Gasteiger partial charge in [0.2, 0.25) is 0 Å². The molecule has 0 radical (unpaired) electrons. The fourth-order valence-electron chi connectivity index (χ4n) is 0.479. The van der Waals surface area contributed by atoms with Gasteiger partial charge in [-0.05, 0) is 12.5 Å². The molecule has 0 fully saturated rings. The van der Waals surface area contributed by atoms with Gasteiger partial charge in [-0.1, -0.05) is 0 Å². The SMILES string of the molecule is CC(=CNCCS(=O)(=O)O)C([NH-])=O.[Na+]. The van der Waals surface area contributed by atoms with Crippen molar-refractivity contribution in [3.63, 3.8) is 0 Å². The van der Waals surface area contributed by atoms with Gasteiger partial charge in [-0.15, -0.1) is 0 Å². The molecule has 0 spiro atoms. The quantitative estimate of drug-likeness (QED) is 0.226. The molecule has 1 amide bonds. The van der Waals surface area contributed by atoms with Crippen LogP contribution in [0, 0.1) is 0 Å².